The molecule has 2 aromatic carbocycles. The number of unbranched alkanes of at least 4 members (excludes halogenated alkanes) is 1. The van der Waals surface area contributed by atoms with Crippen LogP contribution in [-0.4, -0.2) is 37.8 Å². The van der Waals surface area contributed by atoms with Gasteiger partial charge in [0.2, 0.25) is 0 Å². The number of aromatic nitrogens is 2. The van der Waals surface area contributed by atoms with Crippen LogP contribution in [0.1, 0.15) is 47.4 Å². The largest absolute Gasteiger partial charge is 0.508 e. The van der Waals surface area contributed by atoms with E-state index >= 15 is 0 Å². The van der Waals surface area contributed by atoms with Crippen LogP contribution in [0.2, 0.25) is 0 Å². The Hall–Kier alpha value is -3.28. The SMILES string of the molecule is CCCCN1C(=O)c2[nH]nc(-c3ccccc3O)c2[C@@H]1c1cccc(O)c1. The smallest absolute Gasteiger partial charge is 0.273 e. The molecule has 1 aromatic heterocycles. The second-order valence-corrected chi connectivity index (χ2v) is 6.73. The Morgan fingerprint density at radius 2 is 1.96 bits per heavy atom. The van der Waals surface area contributed by atoms with Crippen LogP contribution in [0.4, 0.5) is 0 Å². The predicted octanol–water partition coefficient (Wildman–Crippen LogP) is 3.83. The van der Waals surface area contributed by atoms with Gasteiger partial charge in [0.15, 0.2) is 0 Å². The quantitative estimate of drug-likeness (QED) is 0.643. The van der Waals surface area contributed by atoms with Crippen LogP contribution in [0.25, 0.3) is 11.3 Å². The van der Waals surface area contributed by atoms with E-state index in [1.165, 1.54) is 0 Å². The Kier molecular flexibility index (Phi) is 4.32. The summed E-state index contributed by atoms with van der Waals surface area (Å²) in [6.45, 7) is 2.69. The van der Waals surface area contributed by atoms with Crippen molar-refractivity contribution in [1.29, 1.82) is 0 Å². The molecule has 0 bridgehead atoms. The zero-order chi connectivity index (χ0) is 19.0. The second kappa shape index (κ2) is 6.79. The van der Waals surface area contributed by atoms with Crippen molar-refractivity contribution in [3.8, 4) is 22.8 Å². The number of carbonyl (C=O) groups is 1. The summed E-state index contributed by atoms with van der Waals surface area (Å²) >= 11 is 0. The van der Waals surface area contributed by atoms with Crippen LogP contribution in [0.15, 0.2) is 48.5 Å². The molecule has 0 saturated heterocycles. The third-order valence-corrected chi connectivity index (χ3v) is 4.96. The summed E-state index contributed by atoms with van der Waals surface area (Å²) in [5, 5.41) is 27.5. The average molecular weight is 363 g/mol. The molecule has 6 heteroatoms. The Balaban J connectivity index is 1.89. The lowest BCUT2D eigenvalue weighted by atomic mass is 9.95. The summed E-state index contributed by atoms with van der Waals surface area (Å²) in [5.74, 6) is 0.151. The molecule has 4 rings (SSSR count). The minimum absolute atomic E-state index is 0.110. The van der Waals surface area contributed by atoms with Gasteiger partial charge in [-0.2, -0.15) is 5.10 Å². The highest BCUT2D eigenvalue weighted by molar-refractivity contribution is 6.00. The standard InChI is InChI=1S/C21H21N3O3/c1-2-3-11-24-20(13-7-6-8-14(25)12-13)17-18(22-23-19(17)21(24)27)15-9-4-5-10-16(15)26/h4-10,12,20,25-26H,2-3,11H2,1H3,(H,22,23)/t20-/m0/s1. The third kappa shape index (κ3) is 2.83. The molecule has 1 aliphatic rings. The van der Waals surface area contributed by atoms with Gasteiger partial charge in [0.1, 0.15) is 22.9 Å². The fraction of sp³-hybridized carbons (Fsp3) is 0.238. The number of nitrogens with zero attached hydrogens (tertiary/aromatic N) is 2. The number of nitrogens with one attached hydrogen (secondary N) is 1. The molecular formula is C21H21N3O3. The molecule has 0 radical (unpaired) electrons. The maximum absolute atomic E-state index is 13.0. The zero-order valence-corrected chi connectivity index (χ0v) is 15.0. The molecule has 1 amide bonds. The van der Waals surface area contributed by atoms with Crippen molar-refractivity contribution in [3.05, 3.63) is 65.4 Å². The van der Waals surface area contributed by atoms with Gasteiger partial charge in [-0.05, 0) is 36.2 Å². The van der Waals surface area contributed by atoms with Gasteiger partial charge in [0, 0.05) is 17.7 Å². The van der Waals surface area contributed by atoms with E-state index in [0.29, 0.717) is 23.5 Å². The van der Waals surface area contributed by atoms with Crippen molar-refractivity contribution in [3.63, 3.8) is 0 Å². The van der Waals surface area contributed by atoms with Crippen molar-refractivity contribution in [2.24, 2.45) is 0 Å². The van der Waals surface area contributed by atoms with Crippen molar-refractivity contribution in [2.45, 2.75) is 25.8 Å². The van der Waals surface area contributed by atoms with Crippen LogP contribution in [0.3, 0.4) is 0 Å². The lowest BCUT2D eigenvalue weighted by Crippen LogP contribution is -2.30. The molecule has 27 heavy (non-hydrogen) atoms. The first kappa shape index (κ1) is 17.1. The predicted molar refractivity (Wildman–Crippen MR) is 102 cm³/mol. The van der Waals surface area contributed by atoms with Crippen LogP contribution >= 0.6 is 0 Å². The summed E-state index contributed by atoms with van der Waals surface area (Å²) in [4.78, 5) is 14.8. The lowest BCUT2D eigenvalue weighted by molar-refractivity contribution is 0.0741. The van der Waals surface area contributed by atoms with Crippen LogP contribution in [0, 0.1) is 0 Å². The monoisotopic (exact) mass is 363 g/mol. The van der Waals surface area contributed by atoms with Gasteiger partial charge in [0.25, 0.3) is 5.91 Å². The zero-order valence-electron chi connectivity index (χ0n) is 15.0. The van der Waals surface area contributed by atoms with Gasteiger partial charge in [-0.25, -0.2) is 0 Å². The normalized spacial score (nSPS) is 16.0. The Morgan fingerprint density at radius 3 is 2.70 bits per heavy atom. The third-order valence-electron chi connectivity index (χ3n) is 4.96. The number of aromatic amines is 1. The highest BCUT2D eigenvalue weighted by Crippen LogP contribution is 2.44. The first-order chi connectivity index (χ1) is 13.1. The highest BCUT2D eigenvalue weighted by Gasteiger charge is 2.42. The molecule has 0 unspecified atom stereocenters. The lowest BCUT2D eigenvalue weighted by Gasteiger charge is -2.26. The molecule has 0 saturated carbocycles. The Labute approximate surface area is 157 Å². The Bertz CT molecular complexity index is 996. The number of fused-ring (bicyclic) bond motifs is 1. The van der Waals surface area contributed by atoms with Gasteiger partial charge in [-0.15, -0.1) is 0 Å². The van der Waals surface area contributed by atoms with E-state index < -0.39 is 0 Å². The molecule has 3 N–H and O–H groups in total. The second-order valence-electron chi connectivity index (χ2n) is 6.73. The number of hydrogen-bond acceptors (Lipinski definition) is 4. The molecule has 0 spiro atoms. The fourth-order valence-electron chi connectivity index (χ4n) is 3.68. The van der Waals surface area contributed by atoms with E-state index in [0.717, 1.165) is 24.0 Å². The summed E-state index contributed by atoms with van der Waals surface area (Å²) < 4.78 is 0. The van der Waals surface area contributed by atoms with Gasteiger partial charge >= 0.3 is 0 Å². The van der Waals surface area contributed by atoms with Crippen molar-refractivity contribution in [2.75, 3.05) is 6.54 Å². The number of phenolic OH excluding ortho intramolecular Hbond substituents is 2. The number of hydrogen-bond donors (Lipinski definition) is 3. The van der Waals surface area contributed by atoms with Crippen LogP contribution < -0.4 is 0 Å². The maximum atomic E-state index is 13.0. The van der Waals surface area contributed by atoms with Crippen molar-refractivity contribution in [1.82, 2.24) is 15.1 Å². The van der Waals surface area contributed by atoms with E-state index in [2.05, 4.69) is 17.1 Å². The highest BCUT2D eigenvalue weighted by atomic mass is 16.3. The molecule has 138 valence electrons. The number of H-pyrrole nitrogens is 1. The van der Waals surface area contributed by atoms with Gasteiger partial charge in [-0.1, -0.05) is 37.6 Å². The summed E-state index contributed by atoms with van der Waals surface area (Å²) in [6, 6.07) is 13.5. The minimum atomic E-state index is -0.362. The first-order valence-corrected chi connectivity index (χ1v) is 9.08. The first-order valence-electron chi connectivity index (χ1n) is 9.08. The summed E-state index contributed by atoms with van der Waals surface area (Å²) in [7, 11) is 0. The number of benzene rings is 2. The van der Waals surface area contributed by atoms with E-state index in [4.69, 9.17) is 0 Å². The molecule has 0 fully saturated rings. The molecule has 0 aliphatic carbocycles. The molecule has 2 heterocycles. The fourth-order valence-corrected chi connectivity index (χ4v) is 3.68. The van der Waals surface area contributed by atoms with Crippen LogP contribution in [0.5, 0.6) is 11.5 Å². The number of phenols is 2. The van der Waals surface area contributed by atoms with Gasteiger partial charge < -0.3 is 15.1 Å². The minimum Gasteiger partial charge on any atom is -0.508 e. The number of rotatable bonds is 5. The van der Waals surface area contributed by atoms with E-state index in [9.17, 15) is 15.0 Å². The van der Waals surface area contributed by atoms with Gasteiger partial charge in [-0.3, -0.25) is 9.89 Å². The molecule has 1 aliphatic heterocycles. The number of para-hydroxylation sites is 1. The van der Waals surface area contributed by atoms with E-state index in [1.807, 2.05) is 17.0 Å². The number of aromatic hydroxyl groups is 2. The maximum Gasteiger partial charge on any atom is 0.273 e. The summed E-state index contributed by atoms with van der Waals surface area (Å²) in [5.41, 5.74) is 3.13. The molecular weight excluding hydrogens is 342 g/mol. The molecule has 1 atom stereocenters. The average Bonchev–Trinajstić information content (AvgIpc) is 3.20. The van der Waals surface area contributed by atoms with Crippen LogP contribution in [-0.2, 0) is 0 Å². The number of amides is 1. The van der Waals surface area contributed by atoms with Gasteiger partial charge in [0.05, 0.1) is 6.04 Å². The van der Waals surface area contributed by atoms with Crippen molar-refractivity contribution < 1.29 is 15.0 Å². The molecule has 3 aromatic rings. The molecule has 6 nitrogen and oxygen atoms in total. The Morgan fingerprint density at radius 1 is 1.15 bits per heavy atom. The topological polar surface area (TPSA) is 89.5 Å². The van der Waals surface area contributed by atoms with E-state index in [-0.39, 0.29) is 23.4 Å². The van der Waals surface area contributed by atoms with E-state index in [1.54, 1.807) is 36.4 Å². The number of carbonyl (C=O) groups excluding carboxylic acids is 1. The van der Waals surface area contributed by atoms with Crippen molar-refractivity contribution >= 4 is 5.91 Å². The summed E-state index contributed by atoms with van der Waals surface area (Å²) in [6.07, 6.45) is 1.85.